The number of methoxy groups -OCH3 is 1. The fraction of sp³-hybridized carbons (Fsp3) is 0.160. The molecule has 0 aliphatic rings. The Kier molecular flexibility index (Phi) is 8.49. The fourth-order valence-corrected chi connectivity index (χ4v) is 5.17. The van der Waals surface area contributed by atoms with Gasteiger partial charge in [0.2, 0.25) is 0 Å². The van der Waals surface area contributed by atoms with E-state index in [1.54, 1.807) is 43.7 Å². The molecule has 14 heteroatoms. The zero-order chi connectivity index (χ0) is 28.0. The summed E-state index contributed by atoms with van der Waals surface area (Å²) in [5.41, 5.74) is 2.33. The van der Waals surface area contributed by atoms with Crippen LogP contribution in [0.4, 0.5) is 10.8 Å². The van der Waals surface area contributed by atoms with Crippen molar-refractivity contribution in [2.75, 3.05) is 23.3 Å². The van der Waals surface area contributed by atoms with Crippen molar-refractivity contribution >= 4 is 44.3 Å². The van der Waals surface area contributed by atoms with Gasteiger partial charge in [0.25, 0.3) is 11.8 Å². The average Bonchev–Trinajstić information content (AvgIpc) is 3.39. The van der Waals surface area contributed by atoms with Gasteiger partial charge < -0.3 is 15.4 Å². The Morgan fingerprint density at radius 3 is 2.36 bits per heavy atom. The Labute approximate surface area is 228 Å². The van der Waals surface area contributed by atoms with Gasteiger partial charge >= 0.3 is 10.3 Å². The Hall–Kier alpha value is -4.40. The number of rotatable bonds is 10. The molecule has 2 aromatic carbocycles. The molecule has 3 N–H and O–H groups in total. The Bertz CT molecular complexity index is 1540. The van der Waals surface area contributed by atoms with Crippen LogP contribution in [0, 0.1) is 6.92 Å². The van der Waals surface area contributed by atoms with Gasteiger partial charge in [0.05, 0.1) is 24.1 Å². The number of carbonyl (C=O) groups is 2. The Morgan fingerprint density at radius 2 is 1.74 bits per heavy atom. The van der Waals surface area contributed by atoms with Crippen LogP contribution >= 0.6 is 11.3 Å². The molecule has 0 bridgehead atoms. The Balaban J connectivity index is 1.62. The molecule has 2 amide bonds. The number of anilines is 2. The summed E-state index contributed by atoms with van der Waals surface area (Å²) >= 11 is 1.13. The van der Waals surface area contributed by atoms with Crippen LogP contribution in [0.2, 0.25) is 0 Å². The zero-order valence-electron chi connectivity index (χ0n) is 20.8. The molecule has 0 radical (unpaired) electrons. The van der Waals surface area contributed by atoms with E-state index in [-0.39, 0.29) is 16.4 Å². The van der Waals surface area contributed by atoms with Crippen LogP contribution < -0.4 is 19.7 Å². The average molecular weight is 569 g/mol. The van der Waals surface area contributed by atoms with Gasteiger partial charge in [-0.15, -0.1) is 11.3 Å². The topological polar surface area (TPSA) is 164 Å². The van der Waals surface area contributed by atoms with Crippen molar-refractivity contribution in [1.29, 1.82) is 0 Å². The van der Waals surface area contributed by atoms with E-state index in [9.17, 15) is 22.6 Å². The van der Waals surface area contributed by atoms with Crippen LogP contribution in [0.25, 0.3) is 11.3 Å². The number of ether oxygens (including phenoxy) is 1. The predicted molar refractivity (Wildman–Crippen MR) is 146 cm³/mol. The van der Waals surface area contributed by atoms with E-state index in [1.165, 1.54) is 30.9 Å². The lowest BCUT2D eigenvalue weighted by Crippen LogP contribution is -2.53. The summed E-state index contributed by atoms with van der Waals surface area (Å²) in [4.78, 5) is 38.1. The standard InChI is InChI=1S/C25H24N6O6S2/c1-16-3-7-19(8-4-16)31(39(34,35)36)22(13-28-23(32)18-11-26-15-27-12-18)24(33)30-25-29-21(14-38-25)17-5-9-20(37-2)10-6-17/h3-12,14-15,22H,13H2,1-2H3,(H,28,32)(H,29,30,33)(H,34,35,36)/t22-/m0/s1. The largest absolute Gasteiger partial charge is 0.497 e. The summed E-state index contributed by atoms with van der Waals surface area (Å²) in [7, 11) is -3.40. The highest BCUT2D eigenvalue weighted by molar-refractivity contribution is 7.87. The number of thiazole rings is 1. The first-order valence-electron chi connectivity index (χ1n) is 11.4. The number of aromatic nitrogens is 3. The number of carbonyl (C=O) groups excluding carboxylic acids is 2. The molecule has 4 aromatic rings. The van der Waals surface area contributed by atoms with Gasteiger partial charge in [0.1, 0.15) is 18.1 Å². The summed E-state index contributed by atoms with van der Waals surface area (Å²) in [6.45, 7) is 1.32. The van der Waals surface area contributed by atoms with Gasteiger partial charge in [-0.3, -0.25) is 14.1 Å². The number of amides is 2. The van der Waals surface area contributed by atoms with Crippen molar-refractivity contribution in [3.05, 3.63) is 83.8 Å². The minimum Gasteiger partial charge on any atom is -0.497 e. The quantitative estimate of drug-likeness (QED) is 0.244. The second-order valence-corrected chi connectivity index (χ2v) is 10.4. The van der Waals surface area contributed by atoms with Crippen LogP contribution in [0.1, 0.15) is 15.9 Å². The third-order valence-corrected chi connectivity index (χ3v) is 7.24. The summed E-state index contributed by atoms with van der Waals surface area (Å²) in [5.74, 6) is -0.784. The third-order valence-electron chi connectivity index (χ3n) is 5.52. The number of aryl methyl sites for hydroxylation is 1. The van der Waals surface area contributed by atoms with Crippen LogP contribution in [0.3, 0.4) is 0 Å². The zero-order valence-corrected chi connectivity index (χ0v) is 22.4. The minimum atomic E-state index is -4.96. The molecule has 1 atom stereocenters. The lowest BCUT2D eigenvalue weighted by Gasteiger charge is -2.29. The molecular formula is C25H24N6O6S2. The molecule has 0 aliphatic carbocycles. The summed E-state index contributed by atoms with van der Waals surface area (Å²) < 4.78 is 40.9. The van der Waals surface area contributed by atoms with Gasteiger partial charge in [-0.2, -0.15) is 8.42 Å². The predicted octanol–water partition coefficient (Wildman–Crippen LogP) is 2.96. The van der Waals surface area contributed by atoms with Crippen molar-refractivity contribution in [3.63, 3.8) is 0 Å². The first-order chi connectivity index (χ1) is 18.7. The molecule has 202 valence electrons. The summed E-state index contributed by atoms with van der Waals surface area (Å²) in [6, 6.07) is 11.7. The number of hydrogen-bond acceptors (Lipinski definition) is 9. The highest BCUT2D eigenvalue weighted by Crippen LogP contribution is 2.27. The van der Waals surface area contributed by atoms with Crippen LogP contribution in [-0.4, -0.2) is 59.4 Å². The first-order valence-corrected chi connectivity index (χ1v) is 13.7. The lowest BCUT2D eigenvalue weighted by atomic mass is 10.2. The lowest BCUT2D eigenvalue weighted by molar-refractivity contribution is -0.117. The van der Waals surface area contributed by atoms with Gasteiger partial charge in [-0.05, 0) is 43.3 Å². The fourth-order valence-electron chi connectivity index (χ4n) is 3.57. The number of benzene rings is 2. The van der Waals surface area contributed by atoms with Gasteiger partial charge in [-0.25, -0.2) is 19.3 Å². The van der Waals surface area contributed by atoms with Crippen molar-refractivity contribution in [3.8, 4) is 17.0 Å². The van der Waals surface area contributed by atoms with Crippen molar-refractivity contribution in [2.45, 2.75) is 13.0 Å². The molecule has 4 rings (SSSR count). The van der Waals surface area contributed by atoms with Crippen LogP contribution in [0.15, 0.2) is 72.6 Å². The van der Waals surface area contributed by atoms with Crippen molar-refractivity contribution < 1.29 is 27.3 Å². The maximum absolute atomic E-state index is 13.5. The van der Waals surface area contributed by atoms with Gasteiger partial charge in [-0.1, -0.05) is 17.7 Å². The summed E-state index contributed by atoms with van der Waals surface area (Å²) in [5, 5.41) is 7.04. The third kappa shape index (κ3) is 6.93. The van der Waals surface area contributed by atoms with E-state index in [2.05, 4.69) is 25.6 Å². The van der Waals surface area contributed by atoms with Crippen LogP contribution in [0.5, 0.6) is 5.75 Å². The molecular weight excluding hydrogens is 544 g/mol. The monoisotopic (exact) mass is 568 g/mol. The maximum atomic E-state index is 13.5. The molecule has 12 nitrogen and oxygen atoms in total. The molecule has 39 heavy (non-hydrogen) atoms. The van der Waals surface area contributed by atoms with E-state index < -0.39 is 34.7 Å². The van der Waals surface area contributed by atoms with E-state index >= 15 is 0 Å². The van der Waals surface area contributed by atoms with E-state index in [0.29, 0.717) is 15.7 Å². The maximum Gasteiger partial charge on any atom is 0.360 e. The highest BCUT2D eigenvalue weighted by atomic mass is 32.2. The molecule has 0 aliphatic heterocycles. The summed E-state index contributed by atoms with van der Waals surface area (Å²) in [6.07, 6.45) is 3.79. The number of nitrogens with zero attached hydrogens (tertiary/aromatic N) is 4. The first kappa shape index (κ1) is 27.6. The molecule has 0 saturated heterocycles. The molecule has 2 aromatic heterocycles. The Morgan fingerprint density at radius 1 is 1.08 bits per heavy atom. The molecule has 0 spiro atoms. The molecule has 2 heterocycles. The van der Waals surface area contributed by atoms with Gasteiger partial charge in [0, 0.05) is 29.9 Å². The van der Waals surface area contributed by atoms with Crippen molar-refractivity contribution in [1.82, 2.24) is 20.3 Å². The minimum absolute atomic E-state index is 0.0265. The highest BCUT2D eigenvalue weighted by Gasteiger charge is 2.35. The molecule has 0 fully saturated rings. The van der Waals surface area contributed by atoms with E-state index in [1.807, 2.05) is 12.1 Å². The SMILES string of the molecule is COc1ccc(-c2csc(NC(=O)[C@H](CNC(=O)c3cncnc3)N(c3ccc(C)cc3)S(=O)(=O)O)n2)cc1. The number of nitrogens with one attached hydrogen (secondary N) is 2. The van der Waals surface area contributed by atoms with Gasteiger partial charge in [0.15, 0.2) is 5.13 Å². The number of hydrogen-bond donors (Lipinski definition) is 3. The normalized spacial score (nSPS) is 11.9. The smallest absolute Gasteiger partial charge is 0.360 e. The van der Waals surface area contributed by atoms with Crippen molar-refractivity contribution in [2.24, 2.45) is 0 Å². The van der Waals surface area contributed by atoms with E-state index in [0.717, 1.165) is 22.5 Å². The van der Waals surface area contributed by atoms with E-state index in [4.69, 9.17) is 4.74 Å². The second-order valence-electron chi connectivity index (χ2n) is 8.22. The van der Waals surface area contributed by atoms with Crippen LogP contribution in [-0.2, 0) is 15.1 Å². The second kappa shape index (κ2) is 12.0. The molecule has 0 saturated carbocycles. The molecule has 0 unspecified atom stereocenters.